The minimum absolute atomic E-state index is 0.0215. The molecule has 2 rings (SSSR count). The Labute approximate surface area is 127 Å². The lowest BCUT2D eigenvalue weighted by molar-refractivity contribution is 0.0234. The molecule has 0 fully saturated rings. The Hall–Kier alpha value is -1.55. The van der Waals surface area contributed by atoms with Crippen LogP contribution in [0.5, 0.6) is 0 Å². The second kappa shape index (κ2) is 5.68. The van der Waals surface area contributed by atoms with Crippen molar-refractivity contribution in [1.82, 2.24) is 4.90 Å². The van der Waals surface area contributed by atoms with Gasteiger partial charge in [-0.1, -0.05) is 12.1 Å². The molecule has 21 heavy (non-hydrogen) atoms. The van der Waals surface area contributed by atoms with E-state index in [2.05, 4.69) is 26.0 Å². The lowest BCUT2D eigenvalue weighted by Gasteiger charge is -2.27. The molecular weight excluding hydrogens is 264 g/mol. The molecule has 0 aliphatic carbocycles. The van der Waals surface area contributed by atoms with Crippen LogP contribution in [0.25, 0.3) is 0 Å². The molecule has 116 valence electrons. The molecule has 2 N–H and O–H groups in total. The molecule has 4 nitrogen and oxygen atoms in total. The van der Waals surface area contributed by atoms with Gasteiger partial charge in [-0.25, -0.2) is 4.79 Å². The highest BCUT2D eigenvalue weighted by atomic mass is 16.6. The summed E-state index contributed by atoms with van der Waals surface area (Å²) in [5, 5.41) is 0. The molecule has 0 aromatic heterocycles. The van der Waals surface area contributed by atoms with E-state index in [-0.39, 0.29) is 12.1 Å². The minimum Gasteiger partial charge on any atom is -0.444 e. The normalized spacial score (nSPS) is 19.0. The highest BCUT2D eigenvalue weighted by molar-refractivity contribution is 5.68. The zero-order valence-electron chi connectivity index (χ0n) is 13.7. The van der Waals surface area contributed by atoms with Crippen LogP contribution in [-0.2, 0) is 11.3 Å². The Kier molecular flexibility index (Phi) is 4.28. The maximum absolute atomic E-state index is 12.3. The van der Waals surface area contributed by atoms with Crippen LogP contribution in [0.4, 0.5) is 4.79 Å². The lowest BCUT2D eigenvalue weighted by Crippen LogP contribution is -2.36. The molecule has 4 heteroatoms. The van der Waals surface area contributed by atoms with Gasteiger partial charge in [-0.15, -0.1) is 0 Å². The zero-order chi connectivity index (χ0) is 15.8. The van der Waals surface area contributed by atoms with E-state index in [4.69, 9.17) is 10.5 Å². The summed E-state index contributed by atoms with van der Waals surface area (Å²) in [6.07, 6.45) is 0.498. The summed E-state index contributed by atoms with van der Waals surface area (Å²) in [4.78, 5) is 14.1. The van der Waals surface area contributed by atoms with Crippen LogP contribution in [0.3, 0.4) is 0 Å². The number of nitrogens with two attached hydrogens (primary N) is 1. The quantitative estimate of drug-likeness (QED) is 0.796. The Bertz CT molecular complexity index is 546. The largest absolute Gasteiger partial charge is 0.444 e. The topological polar surface area (TPSA) is 55.6 Å². The minimum atomic E-state index is -0.476. The van der Waals surface area contributed by atoms with Crippen molar-refractivity contribution >= 4 is 6.09 Å². The molecule has 1 aliphatic heterocycles. The van der Waals surface area contributed by atoms with Gasteiger partial charge in [0.1, 0.15) is 5.60 Å². The first kappa shape index (κ1) is 15.8. The molecule has 0 saturated heterocycles. The van der Waals surface area contributed by atoms with Crippen LogP contribution >= 0.6 is 0 Å². The standard InChI is InChI=1S/C17H26N2O2/c1-11-6-7-13-14(12(11)2)10-19(9-8-15(13)18)16(20)21-17(3,4)5/h6-7,15H,8-10,18H2,1-5H3. The lowest BCUT2D eigenvalue weighted by atomic mass is 9.93. The van der Waals surface area contributed by atoms with Crippen molar-refractivity contribution in [3.05, 3.63) is 34.4 Å². The zero-order valence-corrected chi connectivity index (χ0v) is 13.7. The van der Waals surface area contributed by atoms with E-state index in [9.17, 15) is 4.79 Å². The Balaban J connectivity index is 2.30. The monoisotopic (exact) mass is 290 g/mol. The Morgan fingerprint density at radius 1 is 1.33 bits per heavy atom. The summed E-state index contributed by atoms with van der Waals surface area (Å²) in [5.41, 5.74) is 10.6. The van der Waals surface area contributed by atoms with E-state index in [0.29, 0.717) is 13.1 Å². The molecule has 1 amide bonds. The van der Waals surface area contributed by atoms with Crippen molar-refractivity contribution in [2.24, 2.45) is 5.73 Å². The Morgan fingerprint density at radius 3 is 2.62 bits per heavy atom. The molecule has 1 atom stereocenters. The molecule has 0 spiro atoms. The number of amides is 1. The maximum Gasteiger partial charge on any atom is 0.410 e. The Morgan fingerprint density at radius 2 is 2.00 bits per heavy atom. The predicted octanol–water partition coefficient (Wildman–Crippen LogP) is 3.44. The van der Waals surface area contributed by atoms with E-state index in [1.807, 2.05) is 20.8 Å². The van der Waals surface area contributed by atoms with Crippen molar-refractivity contribution in [2.75, 3.05) is 6.54 Å². The summed E-state index contributed by atoms with van der Waals surface area (Å²) in [5.74, 6) is 0. The molecule has 0 bridgehead atoms. The molecule has 1 aromatic carbocycles. The smallest absolute Gasteiger partial charge is 0.410 e. The number of hydrogen-bond donors (Lipinski definition) is 1. The van der Waals surface area contributed by atoms with Crippen molar-refractivity contribution in [2.45, 2.75) is 59.2 Å². The van der Waals surface area contributed by atoms with Crippen molar-refractivity contribution in [3.8, 4) is 0 Å². The van der Waals surface area contributed by atoms with Crippen LogP contribution in [0.15, 0.2) is 12.1 Å². The molecule has 1 aliphatic rings. The van der Waals surface area contributed by atoms with Crippen molar-refractivity contribution in [1.29, 1.82) is 0 Å². The number of nitrogens with zero attached hydrogens (tertiary/aromatic N) is 1. The van der Waals surface area contributed by atoms with E-state index in [1.165, 1.54) is 16.7 Å². The molecule has 1 unspecified atom stereocenters. The van der Waals surface area contributed by atoms with E-state index in [1.54, 1.807) is 4.90 Å². The summed E-state index contributed by atoms with van der Waals surface area (Å²) >= 11 is 0. The molecule has 1 heterocycles. The SMILES string of the molecule is Cc1ccc2c(c1C)CN(C(=O)OC(C)(C)C)CCC2N. The number of rotatable bonds is 0. The van der Waals surface area contributed by atoms with Crippen LogP contribution < -0.4 is 5.73 Å². The number of fused-ring (bicyclic) bond motifs is 1. The highest BCUT2D eigenvalue weighted by Crippen LogP contribution is 2.29. The second-order valence-electron chi connectivity index (χ2n) is 6.87. The third kappa shape index (κ3) is 3.56. The van der Waals surface area contributed by atoms with Gasteiger partial charge in [0.15, 0.2) is 0 Å². The maximum atomic E-state index is 12.3. The van der Waals surface area contributed by atoms with Gasteiger partial charge in [-0.05, 0) is 63.3 Å². The number of carbonyl (C=O) groups is 1. The number of ether oxygens (including phenoxy) is 1. The number of hydrogen-bond acceptors (Lipinski definition) is 3. The first-order chi connectivity index (χ1) is 9.69. The number of benzene rings is 1. The third-order valence-corrected chi connectivity index (χ3v) is 4.02. The van der Waals surface area contributed by atoms with Gasteiger partial charge in [0.05, 0.1) is 0 Å². The van der Waals surface area contributed by atoms with Crippen molar-refractivity contribution < 1.29 is 9.53 Å². The van der Waals surface area contributed by atoms with Gasteiger partial charge in [-0.3, -0.25) is 0 Å². The number of carbonyl (C=O) groups excluding carboxylic acids is 1. The first-order valence-corrected chi connectivity index (χ1v) is 7.51. The van der Waals surface area contributed by atoms with Gasteiger partial charge in [0, 0.05) is 19.1 Å². The van der Waals surface area contributed by atoms with Gasteiger partial charge < -0.3 is 15.4 Å². The predicted molar refractivity (Wildman–Crippen MR) is 84.1 cm³/mol. The first-order valence-electron chi connectivity index (χ1n) is 7.51. The fraction of sp³-hybridized carbons (Fsp3) is 0.588. The highest BCUT2D eigenvalue weighted by Gasteiger charge is 2.27. The van der Waals surface area contributed by atoms with E-state index in [0.717, 1.165) is 12.0 Å². The summed E-state index contributed by atoms with van der Waals surface area (Å²) in [6, 6.07) is 4.18. The second-order valence-corrected chi connectivity index (χ2v) is 6.87. The average Bonchev–Trinajstić information content (AvgIpc) is 2.52. The summed E-state index contributed by atoms with van der Waals surface area (Å²) in [7, 11) is 0. The molecule has 0 radical (unpaired) electrons. The molecule has 1 aromatic rings. The van der Waals surface area contributed by atoms with Gasteiger partial charge in [0.2, 0.25) is 0 Å². The molecule has 0 saturated carbocycles. The summed E-state index contributed by atoms with van der Waals surface area (Å²) in [6.45, 7) is 11.0. The van der Waals surface area contributed by atoms with Crippen LogP contribution in [0, 0.1) is 13.8 Å². The fourth-order valence-electron chi connectivity index (χ4n) is 2.65. The van der Waals surface area contributed by atoms with Crippen LogP contribution in [0.1, 0.15) is 55.5 Å². The third-order valence-electron chi connectivity index (χ3n) is 4.02. The van der Waals surface area contributed by atoms with E-state index < -0.39 is 5.60 Å². The van der Waals surface area contributed by atoms with Gasteiger partial charge in [-0.2, -0.15) is 0 Å². The van der Waals surface area contributed by atoms with Gasteiger partial charge >= 0.3 is 6.09 Å². The number of aryl methyl sites for hydroxylation is 1. The fourth-order valence-corrected chi connectivity index (χ4v) is 2.65. The van der Waals surface area contributed by atoms with Crippen molar-refractivity contribution in [3.63, 3.8) is 0 Å². The van der Waals surface area contributed by atoms with Crippen LogP contribution in [0.2, 0.25) is 0 Å². The summed E-state index contributed by atoms with van der Waals surface area (Å²) < 4.78 is 5.50. The van der Waals surface area contributed by atoms with Gasteiger partial charge in [0.25, 0.3) is 0 Å². The average molecular weight is 290 g/mol. The van der Waals surface area contributed by atoms with Crippen LogP contribution in [-0.4, -0.2) is 23.1 Å². The molecular formula is C17H26N2O2. The van der Waals surface area contributed by atoms with E-state index >= 15 is 0 Å².